The van der Waals surface area contributed by atoms with Crippen molar-refractivity contribution in [3.63, 3.8) is 0 Å². The van der Waals surface area contributed by atoms with Crippen molar-refractivity contribution in [1.29, 1.82) is 0 Å². The third kappa shape index (κ3) is 3.48. The van der Waals surface area contributed by atoms with E-state index in [1.807, 2.05) is 0 Å². The fourth-order valence-electron chi connectivity index (χ4n) is 2.68. The van der Waals surface area contributed by atoms with Gasteiger partial charge in [-0.15, -0.1) is 0 Å². The summed E-state index contributed by atoms with van der Waals surface area (Å²) in [5, 5.41) is 3.64. The van der Waals surface area contributed by atoms with Gasteiger partial charge in [0.05, 0.1) is 0 Å². The molecule has 0 spiro atoms. The zero-order valence-electron chi connectivity index (χ0n) is 11.5. The summed E-state index contributed by atoms with van der Waals surface area (Å²) in [7, 11) is 2.22. The molecule has 3 heteroatoms. The van der Waals surface area contributed by atoms with Crippen molar-refractivity contribution in [2.75, 3.05) is 25.5 Å². The van der Waals surface area contributed by atoms with Crippen LogP contribution in [0.25, 0.3) is 0 Å². The lowest BCUT2D eigenvalue weighted by Gasteiger charge is -2.34. The monoisotopic (exact) mass is 310 g/mol. The summed E-state index contributed by atoms with van der Waals surface area (Å²) in [5.74, 6) is 0.754. The van der Waals surface area contributed by atoms with E-state index >= 15 is 0 Å². The molecular weight excluding hydrogens is 288 g/mol. The predicted octanol–water partition coefficient (Wildman–Crippen LogP) is 3.90. The highest BCUT2D eigenvalue weighted by molar-refractivity contribution is 9.10. The maximum Gasteiger partial charge on any atom is 0.0353 e. The van der Waals surface area contributed by atoms with Crippen LogP contribution in [0, 0.1) is 12.8 Å². The first kappa shape index (κ1) is 13.9. The molecule has 100 valence electrons. The van der Waals surface area contributed by atoms with Crippen molar-refractivity contribution in [1.82, 2.24) is 4.90 Å². The highest BCUT2D eigenvalue weighted by atomic mass is 79.9. The van der Waals surface area contributed by atoms with E-state index in [0.717, 1.165) is 5.92 Å². The molecule has 1 fully saturated rings. The van der Waals surface area contributed by atoms with E-state index in [-0.39, 0.29) is 0 Å². The summed E-state index contributed by atoms with van der Waals surface area (Å²) in [5.41, 5.74) is 2.50. The maximum atomic E-state index is 3.64. The molecule has 1 N–H and O–H groups in total. The Balaban J connectivity index is 1.97. The second kappa shape index (κ2) is 6.07. The number of likely N-dealkylation sites (tertiary alicyclic amines) is 1. The highest BCUT2D eigenvalue weighted by Gasteiger charge is 2.22. The number of hydrogen-bond acceptors (Lipinski definition) is 2. The quantitative estimate of drug-likeness (QED) is 0.911. The van der Waals surface area contributed by atoms with Gasteiger partial charge in [0.25, 0.3) is 0 Å². The van der Waals surface area contributed by atoms with Crippen LogP contribution in [0.2, 0.25) is 0 Å². The minimum absolute atomic E-state index is 0.530. The van der Waals surface area contributed by atoms with Crippen LogP contribution in [0.4, 0.5) is 5.69 Å². The Morgan fingerprint density at radius 1 is 1.44 bits per heavy atom. The molecule has 2 unspecified atom stereocenters. The van der Waals surface area contributed by atoms with E-state index in [1.54, 1.807) is 0 Å². The molecule has 0 amide bonds. The molecule has 0 saturated carbocycles. The zero-order valence-corrected chi connectivity index (χ0v) is 13.1. The van der Waals surface area contributed by atoms with Gasteiger partial charge in [0.1, 0.15) is 0 Å². The molecule has 1 saturated heterocycles. The lowest BCUT2D eigenvalue weighted by molar-refractivity contribution is 0.197. The van der Waals surface area contributed by atoms with E-state index in [0.29, 0.717) is 6.04 Å². The number of benzene rings is 1. The number of rotatable bonds is 3. The second-order valence-corrected chi connectivity index (χ2v) is 6.42. The van der Waals surface area contributed by atoms with Crippen LogP contribution in [0.5, 0.6) is 0 Å². The second-order valence-electron chi connectivity index (χ2n) is 5.56. The van der Waals surface area contributed by atoms with Crippen LogP contribution < -0.4 is 5.32 Å². The average molecular weight is 311 g/mol. The van der Waals surface area contributed by atoms with Crippen LogP contribution in [-0.4, -0.2) is 31.1 Å². The number of nitrogens with zero attached hydrogens (tertiary/aromatic N) is 1. The van der Waals surface area contributed by atoms with Crippen molar-refractivity contribution in [2.45, 2.75) is 32.7 Å². The molecule has 2 atom stereocenters. The number of hydrogen-bond donors (Lipinski definition) is 1. The Morgan fingerprint density at radius 2 is 2.22 bits per heavy atom. The normalized spacial score (nSPS) is 22.8. The van der Waals surface area contributed by atoms with Crippen molar-refractivity contribution in [2.24, 2.45) is 5.92 Å². The zero-order chi connectivity index (χ0) is 13.1. The number of piperidine rings is 1. The molecule has 1 aliphatic rings. The van der Waals surface area contributed by atoms with Crippen LogP contribution in [0.15, 0.2) is 22.7 Å². The van der Waals surface area contributed by atoms with Gasteiger partial charge in [0.2, 0.25) is 0 Å². The Labute approximate surface area is 119 Å². The number of anilines is 1. The first-order valence-electron chi connectivity index (χ1n) is 6.77. The molecule has 1 aromatic carbocycles. The number of nitrogens with one attached hydrogen (secondary N) is 1. The van der Waals surface area contributed by atoms with Crippen molar-refractivity contribution in [3.05, 3.63) is 28.2 Å². The molecule has 0 bridgehead atoms. The lowest BCUT2D eigenvalue weighted by atomic mass is 9.91. The SMILES string of the molecule is Cc1ccc(NC(C)C2CCCN(C)C2)cc1Br. The summed E-state index contributed by atoms with van der Waals surface area (Å²) in [6.07, 6.45) is 2.66. The van der Waals surface area contributed by atoms with E-state index < -0.39 is 0 Å². The Bertz CT molecular complexity index is 405. The molecule has 0 radical (unpaired) electrons. The summed E-state index contributed by atoms with van der Waals surface area (Å²) in [4.78, 5) is 2.44. The molecule has 1 heterocycles. The molecular formula is C15H23BrN2. The van der Waals surface area contributed by atoms with Crippen LogP contribution in [0.1, 0.15) is 25.3 Å². The van der Waals surface area contributed by atoms with E-state index in [4.69, 9.17) is 0 Å². The van der Waals surface area contributed by atoms with Gasteiger partial charge >= 0.3 is 0 Å². The van der Waals surface area contributed by atoms with Crippen molar-refractivity contribution < 1.29 is 0 Å². The minimum atomic E-state index is 0.530. The molecule has 0 aliphatic carbocycles. The van der Waals surface area contributed by atoms with Gasteiger partial charge in [0, 0.05) is 22.7 Å². The number of halogens is 1. The van der Waals surface area contributed by atoms with Gasteiger partial charge in [-0.05, 0) is 63.9 Å². The predicted molar refractivity (Wildman–Crippen MR) is 82.2 cm³/mol. The summed E-state index contributed by atoms with van der Waals surface area (Å²) in [6.45, 7) is 6.88. The standard InChI is InChI=1S/C15H23BrN2/c1-11-6-7-14(9-15(11)16)17-12(2)13-5-4-8-18(3)10-13/h6-7,9,12-13,17H,4-5,8,10H2,1-3H3. The minimum Gasteiger partial charge on any atom is -0.382 e. The van der Waals surface area contributed by atoms with Crippen LogP contribution >= 0.6 is 15.9 Å². The first-order chi connectivity index (χ1) is 8.56. The van der Waals surface area contributed by atoms with Gasteiger partial charge in [-0.2, -0.15) is 0 Å². The lowest BCUT2D eigenvalue weighted by Crippen LogP contribution is -2.39. The van der Waals surface area contributed by atoms with Crippen molar-refractivity contribution in [3.8, 4) is 0 Å². The van der Waals surface area contributed by atoms with E-state index in [2.05, 4.69) is 65.2 Å². The van der Waals surface area contributed by atoms with Gasteiger partial charge in [-0.25, -0.2) is 0 Å². The van der Waals surface area contributed by atoms with Crippen LogP contribution in [-0.2, 0) is 0 Å². The molecule has 2 rings (SSSR count). The summed E-state index contributed by atoms with van der Waals surface area (Å²) < 4.78 is 1.18. The number of aryl methyl sites for hydroxylation is 1. The van der Waals surface area contributed by atoms with E-state index in [1.165, 1.54) is 41.7 Å². The Kier molecular flexibility index (Phi) is 4.68. The molecule has 18 heavy (non-hydrogen) atoms. The first-order valence-corrected chi connectivity index (χ1v) is 7.57. The van der Waals surface area contributed by atoms with Crippen molar-refractivity contribution >= 4 is 21.6 Å². The van der Waals surface area contributed by atoms with Crippen LogP contribution in [0.3, 0.4) is 0 Å². The molecule has 0 aromatic heterocycles. The smallest absolute Gasteiger partial charge is 0.0353 e. The average Bonchev–Trinajstić information content (AvgIpc) is 2.34. The third-order valence-electron chi connectivity index (χ3n) is 3.93. The Morgan fingerprint density at radius 3 is 2.89 bits per heavy atom. The third-order valence-corrected chi connectivity index (χ3v) is 4.79. The highest BCUT2D eigenvalue weighted by Crippen LogP contribution is 2.24. The molecule has 2 nitrogen and oxygen atoms in total. The maximum absolute atomic E-state index is 3.64. The van der Waals surface area contributed by atoms with Gasteiger partial charge < -0.3 is 10.2 Å². The van der Waals surface area contributed by atoms with Gasteiger partial charge in [-0.3, -0.25) is 0 Å². The fourth-order valence-corrected chi connectivity index (χ4v) is 3.06. The Hall–Kier alpha value is -0.540. The topological polar surface area (TPSA) is 15.3 Å². The van der Waals surface area contributed by atoms with E-state index in [9.17, 15) is 0 Å². The summed E-state index contributed by atoms with van der Waals surface area (Å²) in [6, 6.07) is 7.04. The fraction of sp³-hybridized carbons (Fsp3) is 0.600. The van der Waals surface area contributed by atoms with Gasteiger partial charge in [0.15, 0.2) is 0 Å². The van der Waals surface area contributed by atoms with Gasteiger partial charge in [-0.1, -0.05) is 22.0 Å². The summed E-state index contributed by atoms with van der Waals surface area (Å²) >= 11 is 3.59. The molecule has 1 aromatic rings. The molecule has 1 aliphatic heterocycles. The largest absolute Gasteiger partial charge is 0.382 e.